The summed E-state index contributed by atoms with van der Waals surface area (Å²) in [6.07, 6.45) is 9.30. The lowest BCUT2D eigenvalue weighted by Crippen LogP contribution is -2.45. The molecule has 82 valence electrons. The molecular weight excluding hydrogens is 172 g/mol. The third-order valence-electron chi connectivity index (χ3n) is 4.03. The van der Waals surface area contributed by atoms with Crippen LogP contribution in [0.1, 0.15) is 51.9 Å². The van der Waals surface area contributed by atoms with E-state index in [0.717, 1.165) is 12.0 Å². The van der Waals surface area contributed by atoms with Crippen molar-refractivity contribution in [3.05, 3.63) is 0 Å². The molecule has 0 aromatic heterocycles. The topological polar surface area (TPSA) is 38.0 Å². The van der Waals surface area contributed by atoms with Crippen molar-refractivity contribution >= 4 is 0 Å². The molecule has 2 aliphatic rings. The maximum Gasteiger partial charge on any atom is 0.00952 e. The Balaban J connectivity index is 1.78. The Bertz CT molecular complexity index is 181. The molecule has 0 aromatic carbocycles. The zero-order chi connectivity index (χ0) is 9.97. The fraction of sp³-hybridized carbons (Fsp3) is 1.00. The summed E-state index contributed by atoms with van der Waals surface area (Å²) < 4.78 is 0. The van der Waals surface area contributed by atoms with Gasteiger partial charge in [-0.2, -0.15) is 0 Å². The van der Waals surface area contributed by atoms with E-state index in [0.29, 0.717) is 12.1 Å². The van der Waals surface area contributed by atoms with Crippen LogP contribution in [0.5, 0.6) is 0 Å². The first-order valence-corrected chi connectivity index (χ1v) is 6.27. The molecule has 4 unspecified atom stereocenters. The first-order chi connectivity index (χ1) is 6.75. The molecule has 2 aliphatic carbocycles. The van der Waals surface area contributed by atoms with E-state index in [2.05, 4.69) is 12.2 Å². The van der Waals surface area contributed by atoms with E-state index in [1.807, 2.05) is 0 Å². The van der Waals surface area contributed by atoms with E-state index in [1.165, 1.54) is 44.9 Å². The molecule has 0 spiro atoms. The summed E-state index contributed by atoms with van der Waals surface area (Å²) >= 11 is 0. The van der Waals surface area contributed by atoms with Crippen molar-refractivity contribution in [1.29, 1.82) is 0 Å². The van der Waals surface area contributed by atoms with Gasteiger partial charge >= 0.3 is 0 Å². The summed E-state index contributed by atoms with van der Waals surface area (Å²) in [4.78, 5) is 0. The number of rotatable bonds is 2. The predicted molar refractivity (Wildman–Crippen MR) is 60.2 cm³/mol. The molecule has 3 N–H and O–H groups in total. The normalized spacial score (nSPS) is 44.1. The minimum absolute atomic E-state index is 0.456. The van der Waals surface area contributed by atoms with Crippen LogP contribution >= 0.6 is 0 Å². The second kappa shape index (κ2) is 4.63. The Morgan fingerprint density at radius 1 is 1.07 bits per heavy atom. The Kier molecular flexibility index (Phi) is 3.45. The van der Waals surface area contributed by atoms with Crippen LogP contribution in [0.25, 0.3) is 0 Å². The molecule has 2 saturated carbocycles. The van der Waals surface area contributed by atoms with E-state index in [-0.39, 0.29) is 0 Å². The van der Waals surface area contributed by atoms with E-state index >= 15 is 0 Å². The van der Waals surface area contributed by atoms with Gasteiger partial charge in [-0.1, -0.05) is 19.8 Å². The Morgan fingerprint density at radius 2 is 1.86 bits per heavy atom. The van der Waals surface area contributed by atoms with Crippen LogP contribution < -0.4 is 11.1 Å². The third-order valence-corrected chi connectivity index (χ3v) is 4.03. The zero-order valence-electron chi connectivity index (χ0n) is 9.34. The maximum absolute atomic E-state index is 5.99. The molecular formula is C12H24N2. The fourth-order valence-corrected chi connectivity index (χ4v) is 3.07. The minimum atomic E-state index is 0.456. The summed E-state index contributed by atoms with van der Waals surface area (Å²) in [5, 5.41) is 3.82. The lowest BCUT2D eigenvalue weighted by Gasteiger charge is -2.31. The second-order valence-corrected chi connectivity index (χ2v) is 5.30. The van der Waals surface area contributed by atoms with Crippen LogP contribution in [0.15, 0.2) is 0 Å². The van der Waals surface area contributed by atoms with Crippen molar-refractivity contribution in [3.63, 3.8) is 0 Å². The van der Waals surface area contributed by atoms with Gasteiger partial charge in [0.05, 0.1) is 0 Å². The molecule has 4 atom stereocenters. The van der Waals surface area contributed by atoms with Crippen molar-refractivity contribution in [2.24, 2.45) is 11.7 Å². The van der Waals surface area contributed by atoms with E-state index < -0.39 is 0 Å². The lowest BCUT2D eigenvalue weighted by atomic mass is 9.90. The molecule has 0 aromatic rings. The number of hydrogen-bond acceptors (Lipinski definition) is 2. The second-order valence-electron chi connectivity index (χ2n) is 5.30. The SMILES string of the molecule is CC1CCCC1NC1CCCC(N)C1. The van der Waals surface area contributed by atoms with Crippen LogP contribution in [0, 0.1) is 5.92 Å². The predicted octanol–water partition coefficient (Wildman–Crippen LogP) is 2.03. The first-order valence-electron chi connectivity index (χ1n) is 6.27. The Labute approximate surface area is 87.6 Å². The van der Waals surface area contributed by atoms with E-state index in [9.17, 15) is 0 Å². The van der Waals surface area contributed by atoms with Gasteiger partial charge in [0.15, 0.2) is 0 Å². The Morgan fingerprint density at radius 3 is 2.50 bits per heavy atom. The highest BCUT2D eigenvalue weighted by molar-refractivity contribution is 4.87. The molecule has 0 radical (unpaired) electrons. The standard InChI is InChI=1S/C12H24N2/c1-9-4-2-7-12(9)14-11-6-3-5-10(13)8-11/h9-12,14H,2-8,13H2,1H3. The van der Waals surface area contributed by atoms with Gasteiger partial charge in [-0.3, -0.25) is 0 Å². The van der Waals surface area contributed by atoms with Crippen LogP contribution in [0.3, 0.4) is 0 Å². The number of nitrogens with two attached hydrogens (primary N) is 1. The molecule has 0 heterocycles. The van der Waals surface area contributed by atoms with Gasteiger partial charge in [0.1, 0.15) is 0 Å². The molecule has 0 bridgehead atoms. The first kappa shape index (κ1) is 10.4. The van der Waals surface area contributed by atoms with Gasteiger partial charge in [-0.25, -0.2) is 0 Å². The van der Waals surface area contributed by atoms with Gasteiger partial charge in [0.2, 0.25) is 0 Å². The highest BCUT2D eigenvalue weighted by atomic mass is 15.0. The monoisotopic (exact) mass is 196 g/mol. The largest absolute Gasteiger partial charge is 0.328 e. The van der Waals surface area contributed by atoms with Gasteiger partial charge < -0.3 is 11.1 Å². The molecule has 0 saturated heterocycles. The van der Waals surface area contributed by atoms with Crippen molar-refractivity contribution < 1.29 is 0 Å². The van der Waals surface area contributed by atoms with Crippen molar-refractivity contribution in [3.8, 4) is 0 Å². The van der Waals surface area contributed by atoms with Gasteiger partial charge in [-0.05, 0) is 38.0 Å². The minimum Gasteiger partial charge on any atom is -0.328 e. The molecule has 0 aliphatic heterocycles. The van der Waals surface area contributed by atoms with E-state index in [1.54, 1.807) is 0 Å². The van der Waals surface area contributed by atoms with Gasteiger partial charge in [0, 0.05) is 18.1 Å². The van der Waals surface area contributed by atoms with Crippen LogP contribution in [0.2, 0.25) is 0 Å². The van der Waals surface area contributed by atoms with Crippen LogP contribution in [-0.4, -0.2) is 18.1 Å². The smallest absolute Gasteiger partial charge is 0.00952 e. The number of hydrogen-bond donors (Lipinski definition) is 2. The molecule has 2 nitrogen and oxygen atoms in total. The fourth-order valence-electron chi connectivity index (χ4n) is 3.07. The van der Waals surface area contributed by atoms with Crippen molar-refractivity contribution in [2.75, 3.05) is 0 Å². The zero-order valence-corrected chi connectivity index (χ0v) is 9.34. The van der Waals surface area contributed by atoms with Gasteiger partial charge in [0.25, 0.3) is 0 Å². The quantitative estimate of drug-likeness (QED) is 0.709. The van der Waals surface area contributed by atoms with Crippen molar-refractivity contribution in [2.45, 2.75) is 70.0 Å². The van der Waals surface area contributed by atoms with Crippen LogP contribution in [-0.2, 0) is 0 Å². The molecule has 0 amide bonds. The molecule has 2 heteroatoms. The summed E-state index contributed by atoms with van der Waals surface area (Å²) in [5.41, 5.74) is 5.99. The number of nitrogens with one attached hydrogen (secondary N) is 1. The van der Waals surface area contributed by atoms with Gasteiger partial charge in [-0.15, -0.1) is 0 Å². The summed E-state index contributed by atoms with van der Waals surface area (Å²) in [5.74, 6) is 0.883. The summed E-state index contributed by atoms with van der Waals surface area (Å²) in [6, 6.07) is 1.95. The molecule has 2 rings (SSSR count). The highest BCUT2D eigenvalue weighted by Crippen LogP contribution is 2.27. The third kappa shape index (κ3) is 2.48. The Hall–Kier alpha value is -0.0800. The average molecular weight is 196 g/mol. The van der Waals surface area contributed by atoms with E-state index in [4.69, 9.17) is 5.73 Å². The van der Waals surface area contributed by atoms with Crippen molar-refractivity contribution in [1.82, 2.24) is 5.32 Å². The van der Waals surface area contributed by atoms with Crippen LogP contribution in [0.4, 0.5) is 0 Å². The maximum atomic E-state index is 5.99. The summed E-state index contributed by atoms with van der Waals surface area (Å²) in [7, 11) is 0. The summed E-state index contributed by atoms with van der Waals surface area (Å²) in [6.45, 7) is 2.38. The highest BCUT2D eigenvalue weighted by Gasteiger charge is 2.27. The molecule has 14 heavy (non-hydrogen) atoms. The lowest BCUT2D eigenvalue weighted by molar-refractivity contribution is 0.290. The molecule has 2 fully saturated rings. The average Bonchev–Trinajstić information content (AvgIpc) is 2.52.